The predicted octanol–water partition coefficient (Wildman–Crippen LogP) is 2.21. The second-order valence-electron chi connectivity index (χ2n) is 6.95. The van der Waals surface area contributed by atoms with Gasteiger partial charge in [0.2, 0.25) is 0 Å². The van der Waals surface area contributed by atoms with Crippen LogP contribution in [0.25, 0.3) is 0 Å². The first kappa shape index (κ1) is 17.3. The summed E-state index contributed by atoms with van der Waals surface area (Å²) in [5.41, 5.74) is 2.29. The van der Waals surface area contributed by atoms with Crippen LogP contribution in [0.15, 0.2) is 28.9 Å². The Morgan fingerprint density at radius 3 is 2.48 bits per heavy atom. The molecule has 2 aromatic rings. The van der Waals surface area contributed by atoms with Crippen molar-refractivity contribution < 1.29 is 23.6 Å². The lowest BCUT2D eigenvalue weighted by Crippen LogP contribution is -2.37. The summed E-state index contributed by atoms with van der Waals surface area (Å²) in [7, 11) is 0. The molecule has 0 spiro atoms. The summed E-state index contributed by atoms with van der Waals surface area (Å²) in [6.07, 6.45) is 3.59. The highest BCUT2D eigenvalue weighted by Crippen LogP contribution is 2.38. The van der Waals surface area contributed by atoms with Gasteiger partial charge in [-0.3, -0.25) is 14.4 Å². The highest BCUT2D eigenvalue weighted by molar-refractivity contribution is 6.45. The van der Waals surface area contributed by atoms with Crippen molar-refractivity contribution in [2.45, 2.75) is 39.3 Å². The zero-order valence-electron chi connectivity index (χ0n) is 15.1. The van der Waals surface area contributed by atoms with Crippen LogP contribution < -0.4 is 0 Å². The lowest BCUT2D eigenvalue weighted by Gasteiger charge is -2.14. The molecular weight excluding hydrogens is 350 g/mol. The average Bonchev–Trinajstić information content (AvgIpc) is 3.18. The first-order chi connectivity index (χ1) is 12.9. The number of aromatic nitrogens is 1. The number of Topliss-reactive ketones (excluding diaryl/α,β-unsaturated/α-hetero) is 1. The summed E-state index contributed by atoms with van der Waals surface area (Å²) in [6.45, 7) is 3.20. The number of ketones is 1. The molecule has 8 heteroatoms. The monoisotopic (exact) mass is 369 g/mol. The molecule has 1 saturated heterocycles. The van der Waals surface area contributed by atoms with Crippen molar-refractivity contribution in [3.8, 4) is 0 Å². The number of hydrogen-bond donors (Lipinski definition) is 0. The molecule has 4 amide bonds. The summed E-state index contributed by atoms with van der Waals surface area (Å²) in [6, 6.07) is 4.63. The Morgan fingerprint density at radius 1 is 1.15 bits per heavy atom. The Bertz CT molecular complexity index is 952. The fourth-order valence-electron chi connectivity index (χ4n) is 3.57. The standard InChI is InChI=1S/C19H19N3O5/c1-11-8-15(12(2)22(11)13-5-6-13)16(23)10-21-18(25)17(24)20(19(21)26)9-14-4-3-7-27-14/h3-4,7-8,13H,5-6,9-10H2,1-2H3. The van der Waals surface area contributed by atoms with E-state index in [-0.39, 0.29) is 12.3 Å². The molecule has 2 fully saturated rings. The van der Waals surface area contributed by atoms with E-state index < -0.39 is 24.4 Å². The molecule has 2 aromatic heterocycles. The molecule has 140 valence electrons. The summed E-state index contributed by atoms with van der Waals surface area (Å²) < 4.78 is 7.25. The van der Waals surface area contributed by atoms with Crippen molar-refractivity contribution in [1.29, 1.82) is 0 Å². The highest BCUT2D eigenvalue weighted by Gasteiger charge is 2.45. The van der Waals surface area contributed by atoms with Crippen LogP contribution in [0.2, 0.25) is 0 Å². The molecule has 1 aliphatic heterocycles. The van der Waals surface area contributed by atoms with Gasteiger partial charge in [-0.05, 0) is 44.9 Å². The Morgan fingerprint density at radius 2 is 1.85 bits per heavy atom. The van der Waals surface area contributed by atoms with E-state index in [4.69, 9.17) is 4.42 Å². The van der Waals surface area contributed by atoms with E-state index in [1.165, 1.54) is 6.26 Å². The summed E-state index contributed by atoms with van der Waals surface area (Å²) in [4.78, 5) is 51.1. The maximum Gasteiger partial charge on any atom is 0.335 e. The minimum atomic E-state index is -0.990. The van der Waals surface area contributed by atoms with Gasteiger partial charge in [0.25, 0.3) is 0 Å². The number of carbonyl (C=O) groups excluding carboxylic acids is 4. The van der Waals surface area contributed by atoms with Gasteiger partial charge in [0.05, 0.1) is 19.4 Å². The minimum absolute atomic E-state index is 0.142. The number of carbonyl (C=O) groups is 4. The third kappa shape index (κ3) is 2.87. The number of urea groups is 1. The number of aryl methyl sites for hydroxylation is 1. The van der Waals surface area contributed by atoms with Gasteiger partial charge in [0.15, 0.2) is 5.78 Å². The first-order valence-corrected chi connectivity index (χ1v) is 8.79. The van der Waals surface area contributed by atoms with E-state index in [0.29, 0.717) is 22.3 Å². The number of nitrogens with zero attached hydrogens (tertiary/aromatic N) is 3. The summed E-state index contributed by atoms with van der Waals surface area (Å²) in [5, 5.41) is 0. The Balaban J connectivity index is 1.53. The van der Waals surface area contributed by atoms with Crippen molar-refractivity contribution in [3.05, 3.63) is 47.2 Å². The van der Waals surface area contributed by atoms with Gasteiger partial charge < -0.3 is 8.98 Å². The smallest absolute Gasteiger partial charge is 0.335 e. The van der Waals surface area contributed by atoms with Gasteiger partial charge in [-0.2, -0.15) is 0 Å². The van der Waals surface area contributed by atoms with E-state index in [0.717, 1.165) is 29.1 Å². The number of rotatable bonds is 6. The molecule has 0 radical (unpaired) electrons. The SMILES string of the molecule is Cc1cc(C(=O)CN2C(=O)C(=O)N(Cc3ccco3)C2=O)c(C)n1C1CC1. The maximum atomic E-state index is 12.7. The number of imide groups is 2. The Hall–Kier alpha value is -3.16. The van der Waals surface area contributed by atoms with Crippen LogP contribution in [0.5, 0.6) is 0 Å². The zero-order valence-corrected chi connectivity index (χ0v) is 15.1. The van der Waals surface area contributed by atoms with Gasteiger partial charge in [0, 0.05) is 23.0 Å². The molecule has 0 aromatic carbocycles. The van der Waals surface area contributed by atoms with E-state index in [1.54, 1.807) is 18.2 Å². The quantitative estimate of drug-likeness (QED) is 0.442. The average molecular weight is 369 g/mol. The van der Waals surface area contributed by atoms with Crippen LogP contribution in [0.3, 0.4) is 0 Å². The number of hydrogen-bond acceptors (Lipinski definition) is 5. The molecule has 0 N–H and O–H groups in total. The van der Waals surface area contributed by atoms with Gasteiger partial charge >= 0.3 is 17.8 Å². The molecule has 0 unspecified atom stereocenters. The fraction of sp³-hybridized carbons (Fsp3) is 0.368. The molecule has 3 heterocycles. The van der Waals surface area contributed by atoms with E-state index in [1.807, 2.05) is 13.8 Å². The lowest BCUT2D eigenvalue weighted by molar-refractivity contribution is -0.143. The maximum absolute atomic E-state index is 12.7. The van der Waals surface area contributed by atoms with Crippen LogP contribution in [0, 0.1) is 13.8 Å². The Labute approximate surface area is 155 Å². The van der Waals surface area contributed by atoms with Crippen molar-refractivity contribution in [1.82, 2.24) is 14.4 Å². The molecule has 1 aliphatic carbocycles. The van der Waals surface area contributed by atoms with E-state index in [2.05, 4.69) is 4.57 Å². The normalized spacial score (nSPS) is 17.3. The van der Waals surface area contributed by atoms with Crippen molar-refractivity contribution in [2.75, 3.05) is 6.54 Å². The fourth-order valence-corrected chi connectivity index (χ4v) is 3.57. The molecular formula is C19H19N3O5. The van der Waals surface area contributed by atoms with Crippen LogP contribution >= 0.6 is 0 Å². The molecule has 1 saturated carbocycles. The topological polar surface area (TPSA) is 92.8 Å². The van der Waals surface area contributed by atoms with Gasteiger partial charge in [-0.15, -0.1) is 0 Å². The Kier molecular flexibility index (Phi) is 3.98. The molecule has 2 aliphatic rings. The van der Waals surface area contributed by atoms with E-state index in [9.17, 15) is 19.2 Å². The van der Waals surface area contributed by atoms with Crippen LogP contribution in [-0.2, 0) is 16.1 Å². The van der Waals surface area contributed by atoms with E-state index >= 15 is 0 Å². The third-order valence-electron chi connectivity index (χ3n) is 5.03. The zero-order chi connectivity index (χ0) is 19.3. The molecule has 4 rings (SSSR count). The third-order valence-corrected chi connectivity index (χ3v) is 5.03. The van der Waals surface area contributed by atoms with Gasteiger partial charge in [-0.1, -0.05) is 0 Å². The molecule has 27 heavy (non-hydrogen) atoms. The summed E-state index contributed by atoms with van der Waals surface area (Å²) in [5.74, 6) is -1.92. The van der Waals surface area contributed by atoms with Gasteiger partial charge in [-0.25, -0.2) is 14.6 Å². The minimum Gasteiger partial charge on any atom is -0.467 e. The van der Waals surface area contributed by atoms with Crippen molar-refractivity contribution in [3.63, 3.8) is 0 Å². The molecule has 8 nitrogen and oxygen atoms in total. The van der Waals surface area contributed by atoms with Crippen molar-refractivity contribution >= 4 is 23.6 Å². The van der Waals surface area contributed by atoms with Crippen LogP contribution in [0.4, 0.5) is 4.79 Å². The highest BCUT2D eigenvalue weighted by atomic mass is 16.3. The second kappa shape index (κ2) is 6.22. The van der Waals surface area contributed by atoms with Gasteiger partial charge in [0.1, 0.15) is 5.76 Å². The predicted molar refractivity (Wildman–Crippen MR) is 92.9 cm³/mol. The number of furan rings is 1. The molecule has 0 atom stereocenters. The second-order valence-corrected chi connectivity index (χ2v) is 6.95. The van der Waals surface area contributed by atoms with Crippen molar-refractivity contribution in [2.24, 2.45) is 0 Å². The summed E-state index contributed by atoms with van der Waals surface area (Å²) >= 11 is 0. The lowest BCUT2D eigenvalue weighted by atomic mass is 10.1. The van der Waals surface area contributed by atoms with Crippen LogP contribution in [-0.4, -0.2) is 44.5 Å². The number of amides is 4. The van der Waals surface area contributed by atoms with Crippen LogP contribution in [0.1, 0.15) is 46.4 Å². The first-order valence-electron chi connectivity index (χ1n) is 8.79. The molecule has 0 bridgehead atoms. The largest absolute Gasteiger partial charge is 0.467 e.